The van der Waals surface area contributed by atoms with Gasteiger partial charge in [0.2, 0.25) is 5.91 Å². The Bertz CT molecular complexity index is 1380. The number of methoxy groups -OCH3 is 1. The molecule has 2 N–H and O–H groups in total. The maximum atomic E-state index is 13.8. The van der Waals surface area contributed by atoms with Gasteiger partial charge in [-0.3, -0.25) is 9.59 Å². The molecule has 3 aromatic rings. The minimum absolute atomic E-state index is 0.0170. The Morgan fingerprint density at radius 1 is 1.18 bits per heavy atom. The van der Waals surface area contributed by atoms with Crippen molar-refractivity contribution in [1.29, 1.82) is 0 Å². The fourth-order valence-corrected chi connectivity index (χ4v) is 4.14. The van der Waals surface area contributed by atoms with Crippen LogP contribution in [0.1, 0.15) is 36.2 Å². The minimum Gasteiger partial charge on any atom is -0.496 e. The Morgan fingerprint density at radius 2 is 1.89 bits per heavy atom. The summed E-state index contributed by atoms with van der Waals surface area (Å²) in [5.74, 6) is -0.650. The molecule has 10 nitrogen and oxygen atoms in total. The second-order valence-electron chi connectivity index (χ2n) is 8.64. The number of fused-ring (bicyclic) bond motifs is 2. The first-order valence-corrected chi connectivity index (χ1v) is 11.9. The van der Waals surface area contributed by atoms with Gasteiger partial charge in [0.15, 0.2) is 0 Å². The van der Waals surface area contributed by atoms with E-state index in [4.69, 9.17) is 19.1 Å². The van der Waals surface area contributed by atoms with Gasteiger partial charge in [-0.25, -0.2) is 4.79 Å². The van der Waals surface area contributed by atoms with Crippen LogP contribution in [0.25, 0.3) is 10.8 Å². The fraction of sp³-hybridized carbons (Fsp3) is 0.286. The Labute approximate surface area is 219 Å². The maximum Gasteiger partial charge on any atom is 0.373 e. The molecule has 4 rings (SSSR count). The predicted octanol–water partition coefficient (Wildman–Crippen LogP) is 3.42. The minimum atomic E-state index is -1.02. The molecule has 1 aliphatic heterocycles. The summed E-state index contributed by atoms with van der Waals surface area (Å²) >= 11 is 0. The van der Waals surface area contributed by atoms with Gasteiger partial charge in [-0.2, -0.15) is 9.59 Å². The highest BCUT2D eigenvalue weighted by Gasteiger charge is 2.34. The number of aromatic carboxylic acids is 1. The second-order valence-corrected chi connectivity index (χ2v) is 8.64. The van der Waals surface area contributed by atoms with E-state index in [0.29, 0.717) is 29.0 Å². The Morgan fingerprint density at radius 3 is 2.55 bits per heavy atom. The summed E-state index contributed by atoms with van der Waals surface area (Å²) in [6.45, 7) is 3.89. The molecule has 2 atom stereocenters. The SMILES string of the molecule is CC[C@@H](C)C(=O)N[C@H]1COc2ccccc2N(Cc2c(OC)ccc3cc(C(=O)O)ccc23)C1=O.O=C=O. The number of hydrogen-bond acceptors (Lipinski definition) is 7. The third-order valence-electron chi connectivity index (χ3n) is 6.37. The summed E-state index contributed by atoms with van der Waals surface area (Å²) in [6.07, 6.45) is 0.906. The van der Waals surface area contributed by atoms with E-state index >= 15 is 0 Å². The van der Waals surface area contributed by atoms with Crippen LogP contribution in [-0.2, 0) is 25.7 Å². The van der Waals surface area contributed by atoms with Gasteiger partial charge >= 0.3 is 12.1 Å². The summed E-state index contributed by atoms with van der Waals surface area (Å²) in [5, 5.41) is 13.7. The van der Waals surface area contributed by atoms with Crippen LogP contribution < -0.4 is 19.7 Å². The molecule has 0 spiro atoms. The number of amides is 2. The molecule has 2 amide bonds. The van der Waals surface area contributed by atoms with Crippen molar-refractivity contribution in [3.63, 3.8) is 0 Å². The third kappa shape index (κ3) is 5.99. The molecular formula is C28H28N2O8. The molecule has 0 radical (unpaired) electrons. The standard InChI is InChI=1S/C27H28N2O6.CO2/c1-4-16(2)25(30)28-21-15-35-24-8-6-5-7-22(24)29(26(21)31)14-20-19-11-9-18(27(32)33)13-17(19)10-12-23(20)34-3;2-1-3/h5-13,16,21H,4,14-15H2,1-3H3,(H,28,30)(H,32,33);/t16-,21+;/m1./s1. The van der Waals surface area contributed by atoms with Crippen LogP contribution in [0.2, 0.25) is 0 Å². The van der Waals surface area contributed by atoms with E-state index < -0.39 is 12.0 Å². The number of anilines is 1. The molecule has 0 unspecified atom stereocenters. The zero-order valence-corrected chi connectivity index (χ0v) is 21.2. The zero-order chi connectivity index (χ0) is 27.8. The average Bonchev–Trinajstić information content (AvgIpc) is 3.05. The first-order chi connectivity index (χ1) is 18.2. The van der Waals surface area contributed by atoms with Crippen LogP contribution in [0, 0.1) is 5.92 Å². The van der Waals surface area contributed by atoms with Crippen molar-refractivity contribution < 1.29 is 38.6 Å². The second kappa shape index (κ2) is 12.5. The smallest absolute Gasteiger partial charge is 0.373 e. The van der Waals surface area contributed by atoms with Crippen LogP contribution in [0.3, 0.4) is 0 Å². The van der Waals surface area contributed by atoms with Gasteiger partial charge in [0, 0.05) is 11.5 Å². The van der Waals surface area contributed by atoms with Crippen molar-refractivity contribution in [3.8, 4) is 11.5 Å². The molecule has 0 saturated heterocycles. The molecule has 0 aliphatic carbocycles. The van der Waals surface area contributed by atoms with E-state index in [2.05, 4.69) is 5.32 Å². The molecular weight excluding hydrogens is 492 g/mol. The summed E-state index contributed by atoms with van der Waals surface area (Å²) in [7, 11) is 1.55. The van der Waals surface area contributed by atoms with E-state index in [1.807, 2.05) is 26.0 Å². The number of carbonyl (C=O) groups is 3. The quantitative estimate of drug-likeness (QED) is 0.483. The Balaban J connectivity index is 0.00000127. The molecule has 38 heavy (non-hydrogen) atoms. The van der Waals surface area contributed by atoms with Gasteiger partial charge < -0.3 is 24.8 Å². The summed E-state index contributed by atoms with van der Waals surface area (Å²) in [6, 6.07) is 14.8. The number of hydrogen-bond donors (Lipinski definition) is 2. The maximum absolute atomic E-state index is 13.8. The number of benzene rings is 3. The summed E-state index contributed by atoms with van der Waals surface area (Å²) in [4.78, 5) is 55.6. The highest BCUT2D eigenvalue weighted by atomic mass is 16.5. The molecule has 0 aromatic heterocycles. The van der Waals surface area contributed by atoms with Crippen molar-refractivity contribution >= 4 is 40.4 Å². The van der Waals surface area contributed by atoms with Crippen molar-refractivity contribution in [1.82, 2.24) is 5.32 Å². The first-order valence-electron chi connectivity index (χ1n) is 11.9. The number of para-hydroxylation sites is 2. The fourth-order valence-electron chi connectivity index (χ4n) is 4.14. The van der Waals surface area contributed by atoms with Gasteiger partial charge in [0.1, 0.15) is 24.1 Å². The van der Waals surface area contributed by atoms with Crippen molar-refractivity contribution in [2.24, 2.45) is 5.92 Å². The molecule has 1 aliphatic rings. The molecule has 0 bridgehead atoms. The van der Waals surface area contributed by atoms with Crippen LogP contribution in [0.4, 0.5) is 5.69 Å². The number of ether oxygens (including phenoxy) is 2. The van der Waals surface area contributed by atoms with E-state index in [1.165, 1.54) is 6.07 Å². The highest BCUT2D eigenvalue weighted by molar-refractivity contribution is 6.02. The van der Waals surface area contributed by atoms with Crippen LogP contribution in [0.5, 0.6) is 11.5 Å². The Hall–Kier alpha value is -4.69. The molecule has 0 fully saturated rings. The van der Waals surface area contributed by atoms with Gasteiger partial charge in [-0.15, -0.1) is 0 Å². The molecule has 3 aromatic carbocycles. The normalized spacial score (nSPS) is 15.1. The van der Waals surface area contributed by atoms with Crippen LogP contribution in [0.15, 0.2) is 54.6 Å². The monoisotopic (exact) mass is 520 g/mol. The van der Waals surface area contributed by atoms with E-state index in [-0.39, 0.29) is 42.6 Å². The summed E-state index contributed by atoms with van der Waals surface area (Å²) in [5.41, 5.74) is 1.48. The molecule has 198 valence electrons. The summed E-state index contributed by atoms with van der Waals surface area (Å²) < 4.78 is 11.5. The Kier molecular flexibility index (Phi) is 9.18. The lowest BCUT2D eigenvalue weighted by Gasteiger charge is -2.27. The van der Waals surface area contributed by atoms with Crippen molar-refractivity contribution in [2.75, 3.05) is 18.6 Å². The number of rotatable bonds is 7. The van der Waals surface area contributed by atoms with Gasteiger partial charge in [0.05, 0.1) is 24.9 Å². The number of carboxylic acids is 1. The lowest BCUT2D eigenvalue weighted by Crippen LogP contribution is -2.51. The van der Waals surface area contributed by atoms with E-state index in [1.54, 1.807) is 48.4 Å². The van der Waals surface area contributed by atoms with Gasteiger partial charge in [0.25, 0.3) is 5.91 Å². The van der Waals surface area contributed by atoms with Crippen LogP contribution in [-0.4, -0.2) is 48.8 Å². The zero-order valence-electron chi connectivity index (χ0n) is 21.2. The molecule has 1 heterocycles. The van der Waals surface area contributed by atoms with Crippen LogP contribution >= 0.6 is 0 Å². The average molecular weight is 521 g/mol. The molecule has 0 saturated carbocycles. The number of nitrogens with one attached hydrogen (secondary N) is 1. The largest absolute Gasteiger partial charge is 0.496 e. The lowest BCUT2D eigenvalue weighted by atomic mass is 10.00. The predicted molar refractivity (Wildman–Crippen MR) is 137 cm³/mol. The third-order valence-corrected chi connectivity index (χ3v) is 6.37. The first kappa shape index (κ1) is 27.9. The number of nitrogens with zero attached hydrogens (tertiary/aromatic N) is 1. The van der Waals surface area contributed by atoms with E-state index in [9.17, 15) is 19.5 Å². The number of carbonyl (C=O) groups excluding carboxylic acids is 4. The molecule has 10 heteroatoms. The van der Waals surface area contributed by atoms with Gasteiger partial charge in [-0.1, -0.05) is 38.1 Å². The lowest BCUT2D eigenvalue weighted by molar-refractivity contribution is -0.191. The topological polar surface area (TPSA) is 139 Å². The highest BCUT2D eigenvalue weighted by Crippen LogP contribution is 2.36. The van der Waals surface area contributed by atoms with Gasteiger partial charge in [-0.05, 0) is 47.5 Å². The van der Waals surface area contributed by atoms with Crippen molar-refractivity contribution in [2.45, 2.75) is 32.9 Å². The van der Waals surface area contributed by atoms with E-state index in [0.717, 1.165) is 10.9 Å². The number of carboxylic acid groups (broad SMARTS) is 1. The van der Waals surface area contributed by atoms with Crippen molar-refractivity contribution in [3.05, 3.63) is 65.7 Å².